The molecule has 1 aliphatic heterocycles. The molecule has 2 aromatic carbocycles. The van der Waals surface area contributed by atoms with Gasteiger partial charge >= 0.3 is 0 Å². The number of anilines is 2. The zero-order chi connectivity index (χ0) is 17.9. The maximum atomic E-state index is 5.37. The van der Waals surface area contributed by atoms with E-state index in [4.69, 9.17) is 4.74 Å². The molecule has 1 saturated heterocycles. The minimum atomic E-state index is 0.402. The van der Waals surface area contributed by atoms with Crippen LogP contribution in [0.4, 0.5) is 11.4 Å². The average molecular weight is 412 g/mol. The first-order valence-corrected chi connectivity index (χ1v) is 9.72. The quantitative estimate of drug-likeness (QED) is 0.648. The van der Waals surface area contributed by atoms with Crippen LogP contribution in [0.25, 0.3) is 10.9 Å². The van der Waals surface area contributed by atoms with Crippen LogP contribution in [0.15, 0.2) is 59.2 Å². The number of methoxy groups -OCH3 is 1. The van der Waals surface area contributed by atoms with Crippen molar-refractivity contribution in [2.45, 2.75) is 18.9 Å². The average Bonchev–Trinajstić information content (AvgIpc) is 2.69. The smallest absolute Gasteiger partial charge is 0.120 e. The fraction of sp³-hybridized carbons (Fsp3) is 0.286. The van der Waals surface area contributed by atoms with Crippen molar-refractivity contribution in [2.75, 3.05) is 30.4 Å². The number of para-hydroxylation sites is 1. The SMILES string of the molecule is COc1cccc(N2CCCC(Nc3ccnc4c(Br)cccc34)C2)c1. The summed E-state index contributed by atoms with van der Waals surface area (Å²) < 4.78 is 6.40. The maximum Gasteiger partial charge on any atom is 0.120 e. The highest BCUT2D eigenvalue weighted by molar-refractivity contribution is 9.10. The second-order valence-corrected chi connectivity index (χ2v) is 7.48. The van der Waals surface area contributed by atoms with Crippen LogP contribution in [-0.2, 0) is 0 Å². The van der Waals surface area contributed by atoms with Gasteiger partial charge in [0.25, 0.3) is 0 Å². The Kier molecular flexibility index (Phi) is 4.98. The highest BCUT2D eigenvalue weighted by Gasteiger charge is 2.21. The lowest BCUT2D eigenvalue weighted by Gasteiger charge is -2.35. The molecule has 1 N–H and O–H groups in total. The molecule has 0 radical (unpaired) electrons. The number of aromatic nitrogens is 1. The number of pyridine rings is 1. The third-order valence-corrected chi connectivity index (χ3v) is 5.56. The van der Waals surface area contributed by atoms with Crippen molar-refractivity contribution in [1.82, 2.24) is 4.98 Å². The molecule has 4 nitrogen and oxygen atoms in total. The molecule has 26 heavy (non-hydrogen) atoms. The Bertz CT molecular complexity index is 915. The van der Waals surface area contributed by atoms with Crippen LogP contribution >= 0.6 is 15.9 Å². The Balaban J connectivity index is 1.55. The number of benzene rings is 2. The Morgan fingerprint density at radius 3 is 2.96 bits per heavy atom. The molecule has 5 heteroatoms. The third-order valence-electron chi connectivity index (χ3n) is 4.92. The Hall–Kier alpha value is -2.27. The van der Waals surface area contributed by atoms with Crippen molar-refractivity contribution < 1.29 is 4.74 Å². The highest BCUT2D eigenvalue weighted by Crippen LogP contribution is 2.30. The molecule has 1 aromatic heterocycles. The lowest BCUT2D eigenvalue weighted by atomic mass is 10.0. The van der Waals surface area contributed by atoms with Crippen LogP contribution < -0.4 is 15.0 Å². The largest absolute Gasteiger partial charge is 0.497 e. The van der Waals surface area contributed by atoms with E-state index >= 15 is 0 Å². The van der Waals surface area contributed by atoms with E-state index < -0.39 is 0 Å². The monoisotopic (exact) mass is 411 g/mol. The highest BCUT2D eigenvalue weighted by atomic mass is 79.9. The van der Waals surface area contributed by atoms with Gasteiger partial charge in [-0.25, -0.2) is 0 Å². The zero-order valence-electron chi connectivity index (χ0n) is 14.8. The van der Waals surface area contributed by atoms with Crippen molar-refractivity contribution in [2.24, 2.45) is 0 Å². The minimum absolute atomic E-state index is 0.402. The van der Waals surface area contributed by atoms with Gasteiger partial charge in [0, 0.05) is 52.6 Å². The summed E-state index contributed by atoms with van der Waals surface area (Å²) in [5.41, 5.74) is 3.37. The van der Waals surface area contributed by atoms with Crippen LogP contribution in [0.3, 0.4) is 0 Å². The molecular weight excluding hydrogens is 390 g/mol. The summed E-state index contributed by atoms with van der Waals surface area (Å²) >= 11 is 3.60. The molecule has 0 aliphatic carbocycles. The Labute approximate surface area is 162 Å². The number of piperidine rings is 1. The fourth-order valence-electron chi connectivity index (χ4n) is 3.62. The summed E-state index contributed by atoms with van der Waals surface area (Å²) in [7, 11) is 1.71. The van der Waals surface area contributed by atoms with Crippen LogP contribution in [0.5, 0.6) is 5.75 Å². The van der Waals surface area contributed by atoms with Crippen LogP contribution in [0, 0.1) is 0 Å². The van der Waals surface area contributed by atoms with Crippen molar-refractivity contribution in [3.63, 3.8) is 0 Å². The van der Waals surface area contributed by atoms with Crippen LogP contribution in [0.1, 0.15) is 12.8 Å². The number of rotatable bonds is 4. The van der Waals surface area contributed by atoms with E-state index in [1.165, 1.54) is 12.1 Å². The first kappa shape index (κ1) is 17.2. The first-order chi connectivity index (χ1) is 12.7. The van der Waals surface area contributed by atoms with Crippen molar-refractivity contribution in [3.05, 3.63) is 59.2 Å². The van der Waals surface area contributed by atoms with Gasteiger partial charge < -0.3 is 15.0 Å². The first-order valence-electron chi connectivity index (χ1n) is 8.93. The summed E-state index contributed by atoms with van der Waals surface area (Å²) in [5.74, 6) is 0.905. The normalized spacial score (nSPS) is 17.3. The Morgan fingerprint density at radius 2 is 2.08 bits per heavy atom. The van der Waals surface area contributed by atoms with Gasteiger partial charge in [-0.3, -0.25) is 4.98 Å². The lowest BCUT2D eigenvalue weighted by Crippen LogP contribution is -2.42. The zero-order valence-corrected chi connectivity index (χ0v) is 16.4. The van der Waals surface area contributed by atoms with Crippen molar-refractivity contribution in [1.29, 1.82) is 0 Å². The van der Waals surface area contributed by atoms with Gasteiger partial charge in [0.15, 0.2) is 0 Å². The number of hydrogen-bond donors (Lipinski definition) is 1. The van der Waals surface area contributed by atoms with E-state index in [2.05, 4.69) is 67.5 Å². The lowest BCUT2D eigenvalue weighted by molar-refractivity contribution is 0.414. The molecule has 1 atom stereocenters. The molecule has 3 aromatic rings. The summed E-state index contributed by atoms with van der Waals surface area (Å²) in [6.45, 7) is 2.05. The topological polar surface area (TPSA) is 37.4 Å². The number of nitrogens with zero attached hydrogens (tertiary/aromatic N) is 2. The molecule has 0 saturated carbocycles. The molecular formula is C21H22BrN3O. The second kappa shape index (κ2) is 7.54. The summed E-state index contributed by atoms with van der Waals surface area (Å²) in [4.78, 5) is 6.94. The van der Waals surface area contributed by atoms with Gasteiger partial charge in [-0.05, 0) is 53.0 Å². The van der Waals surface area contributed by atoms with E-state index in [0.29, 0.717) is 6.04 Å². The fourth-order valence-corrected chi connectivity index (χ4v) is 4.09. The summed E-state index contributed by atoms with van der Waals surface area (Å²) in [6.07, 6.45) is 4.21. The molecule has 1 aliphatic rings. The number of ether oxygens (including phenoxy) is 1. The van der Waals surface area contributed by atoms with Gasteiger partial charge in [0.1, 0.15) is 5.75 Å². The van der Waals surface area contributed by atoms with Gasteiger partial charge in [-0.2, -0.15) is 0 Å². The van der Waals surface area contributed by atoms with Crippen molar-refractivity contribution in [3.8, 4) is 5.75 Å². The summed E-state index contributed by atoms with van der Waals surface area (Å²) in [5, 5.41) is 4.90. The standard InChI is InChI=1S/C21H22BrN3O/c1-26-17-7-2-6-16(13-17)25-12-4-5-15(14-25)24-20-10-11-23-21-18(20)8-3-9-19(21)22/h2-3,6-11,13,15H,4-5,12,14H2,1H3,(H,23,24). The molecule has 4 rings (SSSR count). The van der Waals surface area contributed by atoms with Gasteiger partial charge in [-0.1, -0.05) is 18.2 Å². The third kappa shape index (κ3) is 3.49. The molecule has 134 valence electrons. The molecule has 2 heterocycles. The molecule has 0 bridgehead atoms. The second-order valence-electron chi connectivity index (χ2n) is 6.63. The number of fused-ring (bicyclic) bond motifs is 1. The van der Waals surface area contributed by atoms with Gasteiger partial charge in [0.05, 0.1) is 12.6 Å². The number of hydrogen-bond acceptors (Lipinski definition) is 4. The molecule has 0 spiro atoms. The van der Waals surface area contributed by atoms with E-state index in [1.54, 1.807) is 7.11 Å². The van der Waals surface area contributed by atoms with Gasteiger partial charge in [-0.15, -0.1) is 0 Å². The van der Waals surface area contributed by atoms with E-state index in [1.807, 2.05) is 18.3 Å². The van der Waals surface area contributed by atoms with E-state index in [-0.39, 0.29) is 0 Å². The maximum absolute atomic E-state index is 5.37. The Morgan fingerprint density at radius 1 is 1.19 bits per heavy atom. The van der Waals surface area contributed by atoms with Gasteiger partial charge in [0.2, 0.25) is 0 Å². The molecule has 0 amide bonds. The minimum Gasteiger partial charge on any atom is -0.497 e. The van der Waals surface area contributed by atoms with Crippen LogP contribution in [0.2, 0.25) is 0 Å². The van der Waals surface area contributed by atoms with E-state index in [0.717, 1.165) is 46.3 Å². The van der Waals surface area contributed by atoms with Crippen molar-refractivity contribution >= 4 is 38.2 Å². The predicted molar refractivity (Wildman–Crippen MR) is 111 cm³/mol. The number of halogens is 1. The van der Waals surface area contributed by atoms with Crippen LogP contribution in [-0.4, -0.2) is 31.2 Å². The predicted octanol–water partition coefficient (Wildman–Crippen LogP) is 5.09. The number of nitrogens with one attached hydrogen (secondary N) is 1. The molecule has 1 fully saturated rings. The summed E-state index contributed by atoms with van der Waals surface area (Å²) in [6, 6.07) is 17.0. The molecule has 1 unspecified atom stereocenters. The van der Waals surface area contributed by atoms with E-state index in [9.17, 15) is 0 Å².